The molecule has 11 heteroatoms. The highest BCUT2D eigenvalue weighted by Gasteiger charge is 2.24. The smallest absolute Gasteiger partial charge is 0.155 e. The minimum absolute atomic E-state index is 0.179. The van der Waals surface area contributed by atoms with Crippen LogP contribution >= 0.6 is 23.5 Å². The van der Waals surface area contributed by atoms with Crippen molar-refractivity contribution in [2.45, 2.75) is 30.9 Å². The van der Waals surface area contributed by atoms with Gasteiger partial charge in [0.25, 0.3) is 0 Å². The molecule has 40 heavy (non-hydrogen) atoms. The van der Waals surface area contributed by atoms with Gasteiger partial charge in [0.05, 0.1) is 5.69 Å². The van der Waals surface area contributed by atoms with Crippen LogP contribution in [0.15, 0.2) is 55.0 Å². The summed E-state index contributed by atoms with van der Waals surface area (Å²) in [5.41, 5.74) is 1.89. The molecule has 2 fully saturated rings. The molecule has 4 aromatic rings. The number of hydrogen-bond acceptors (Lipinski definition) is 6. The van der Waals surface area contributed by atoms with E-state index >= 15 is 13.2 Å². The molecule has 2 aromatic heterocycles. The normalized spacial score (nSPS) is 16.1. The maximum atomic E-state index is 16.0. The van der Waals surface area contributed by atoms with Gasteiger partial charge in [-0.15, -0.1) is 0 Å². The minimum atomic E-state index is -0.759. The Morgan fingerprint density at radius 2 is 1.65 bits per heavy atom. The quantitative estimate of drug-likeness (QED) is 0.226. The Morgan fingerprint density at radius 1 is 0.950 bits per heavy atom. The lowest BCUT2D eigenvalue weighted by Crippen LogP contribution is -2.43. The van der Waals surface area contributed by atoms with Crippen molar-refractivity contribution in [1.29, 1.82) is 0 Å². The van der Waals surface area contributed by atoms with Crippen molar-refractivity contribution in [3.05, 3.63) is 77.5 Å². The third kappa shape index (κ3) is 5.53. The Bertz CT molecular complexity index is 1480. The average molecular weight is 585 g/mol. The summed E-state index contributed by atoms with van der Waals surface area (Å²) in [6, 6.07) is 9.13. The van der Waals surface area contributed by atoms with Crippen molar-refractivity contribution in [1.82, 2.24) is 20.1 Å². The highest BCUT2D eigenvalue weighted by atomic mass is 35.5. The Labute approximate surface area is 240 Å². The van der Waals surface area contributed by atoms with E-state index in [4.69, 9.17) is 11.6 Å². The highest BCUT2D eigenvalue weighted by molar-refractivity contribution is 8.01. The first-order chi connectivity index (χ1) is 19.5. The lowest BCUT2D eigenvalue weighted by molar-refractivity contribution is 0.552. The van der Waals surface area contributed by atoms with Gasteiger partial charge in [0, 0.05) is 77.4 Å². The van der Waals surface area contributed by atoms with Crippen molar-refractivity contribution < 1.29 is 13.2 Å². The maximum absolute atomic E-state index is 16.0. The zero-order valence-electron chi connectivity index (χ0n) is 21.6. The third-order valence-electron chi connectivity index (χ3n) is 7.35. The van der Waals surface area contributed by atoms with E-state index < -0.39 is 17.5 Å². The van der Waals surface area contributed by atoms with Crippen molar-refractivity contribution in [3.8, 4) is 28.1 Å². The third-order valence-corrected chi connectivity index (χ3v) is 8.71. The zero-order valence-corrected chi connectivity index (χ0v) is 23.2. The van der Waals surface area contributed by atoms with Crippen LogP contribution in [0, 0.1) is 17.5 Å². The number of nitrogens with zero attached hydrogens (tertiary/aromatic N) is 4. The molecule has 0 bridgehead atoms. The lowest BCUT2D eigenvalue weighted by atomic mass is 10.0. The molecular formula is C29H28ClF3N6S. The second-order valence-electron chi connectivity index (χ2n) is 10.0. The maximum Gasteiger partial charge on any atom is 0.155 e. The summed E-state index contributed by atoms with van der Waals surface area (Å²) in [5.74, 6) is -2.03. The molecule has 6 nitrogen and oxygen atoms in total. The Hall–Kier alpha value is -3.21. The molecular weight excluding hydrogens is 557 g/mol. The number of hydrogen-bond donors (Lipinski definition) is 2. The van der Waals surface area contributed by atoms with Crippen LogP contribution in [0.4, 0.5) is 24.5 Å². The van der Waals surface area contributed by atoms with Gasteiger partial charge >= 0.3 is 0 Å². The number of anilines is 2. The fourth-order valence-electron chi connectivity index (χ4n) is 5.30. The van der Waals surface area contributed by atoms with Crippen molar-refractivity contribution in [3.63, 3.8) is 0 Å². The van der Waals surface area contributed by atoms with Crippen LogP contribution in [-0.2, 0) is 0 Å². The fraction of sp³-hybridized carbons (Fsp3) is 0.310. The Kier molecular flexibility index (Phi) is 7.91. The molecule has 3 heterocycles. The molecule has 2 N–H and O–H groups in total. The second kappa shape index (κ2) is 11.7. The lowest BCUT2D eigenvalue weighted by Gasteiger charge is -2.29. The van der Waals surface area contributed by atoms with E-state index in [0.717, 1.165) is 30.6 Å². The van der Waals surface area contributed by atoms with Gasteiger partial charge in [0.1, 0.15) is 11.4 Å². The number of nitrogens with one attached hydrogen (secondary N) is 2. The number of piperazine rings is 1. The molecule has 1 aliphatic heterocycles. The monoisotopic (exact) mass is 584 g/mol. The molecule has 6 rings (SSSR count). The van der Waals surface area contributed by atoms with E-state index in [1.54, 1.807) is 30.6 Å². The van der Waals surface area contributed by atoms with Gasteiger partial charge in [-0.25, -0.2) is 17.9 Å². The largest absolute Gasteiger partial charge is 0.369 e. The Morgan fingerprint density at radius 3 is 2.35 bits per heavy atom. The minimum Gasteiger partial charge on any atom is -0.369 e. The fourth-order valence-corrected chi connectivity index (χ4v) is 6.53. The molecule has 0 atom stereocenters. The molecule has 1 saturated carbocycles. The van der Waals surface area contributed by atoms with Crippen LogP contribution in [0.25, 0.3) is 28.1 Å². The van der Waals surface area contributed by atoms with Gasteiger partial charge in [-0.3, -0.25) is 4.98 Å². The Balaban J connectivity index is 1.43. The summed E-state index contributed by atoms with van der Waals surface area (Å²) >= 11 is 7.95. The van der Waals surface area contributed by atoms with Crippen LogP contribution in [0.5, 0.6) is 0 Å². The predicted octanol–water partition coefficient (Wildman–Crippen LogP) is 7.08. The van der Waals surface area contributed by atoms with Gasteiger partial charge in [-0.05, 0) is 61.2 Å². The molecule has 0 unspecified atom stereocenters. The molecule has 1 saturated heterocycles. The first-order valence-corrected chi connectivity index (χ1v) is 14.6. The predicted molar refractivity (Wildman–Crippen MR) is 156 cm³/mol. The van der Waals surface area contributed by atoms with Crippen LogP contribution in [0.1, 0.15) is 25.7 Å². The molecule has 0 spiro atoms. The number of halogens is 4. The second-order valence-corrected chi connectivity index (χ2v) is 11.6. The van der Waals surface area contributed by atoms with E-state index in [2.05, 4.69) is 20.1 Å². The molecule has 1 aliphatic carbocycles. The average Bonchev–Trinajstić information content (AvgIpc) is 3.64. The van der Waals surface area contributed by atoms with Crippen LogP contribution in [-0.4, -0.2) is 46.2 Å². The first-order valence-electron chi connectivity index (χ1n) is 13.3. The van der Waals surface area contributed by atoms with Crippen LogP contribution in [0.3, 0.4) is 0 Å². The van der Waals surface area contributed by atoms with Crippen LogP contribution in [0.2, 0.25) is 5.02 Å². The number of aromatic nitrogens is 3. The van der Waals surface area contributed by atoms with Crippen molar-refractivity contribution in [2.75, 3.05) is 35.8 Å². The molecule has 0 radical (unpaired) electrons. The van der Waals surface area contributed by atoms with E-state index in [0.29, 0.717) is 45.9 Å². The van der Waals surface area contributed by atoms with Gasteiger partial charge in [0.2, 0.25) is 0 Å². The van der Waals surface area contributed by atoms with Crippen molar-refractivity contribution in [2.24, 2.45) is 0 Å². The molecule has 208 valence electrons. The van der Waals surface area contributed by atoms with E-state index in [1.165, 1.54) is 49.2 Å². The standard InChI is InChI=1S/C29H28ClF3N6S/c30-19-13-22(27(33)26(14-19)37-40-21-3-1-2-4-21)23-17-39(36-28(23)18-5-7-34-8-6-18)29-24(31)15-20(16-25(29)32)38-11-9-35-10-12-38/h5-8,13-17,21,35,37H,1-4,9-12H2. The molecule has 2 aromatic carbocycles. The summed E-state index contributed by atoms with van der Waals surface area (Å²) in [4.78, 5) is 5.99. The summed E-state index contributed by atoms with van der Waals surface area (Å²) < 4.78 is 51.3. The van der Waals surface area contributed by atoms with E-state index in [9.17, 15) is 0 Å². The first kappa shape index (κ1) is 27.0. The number of benzene rings is 2. The van der Waals surface area contributed by atoms with Gasteiger partial charge < -0.3 is 14.9 Å². The summed E-state index contributed by atoms with van der Waals surface area (Å²) in [6.07, 6.45) is 9.11. The summed E-state index contributed by atoms with van der Waals surface area (Å²) in [6.45, 7) is 2.79. The summed E-state index contributed by atoms with van der Waals surface area (Å²) in [7, 11) is 0. The highest BCUT2D eigenvalue weighted by Crippen LogP contribution is 2.40. The molecule has 2 aliphatic rings. The zero-order chi connectivity index (χ0) is 27.6. The van der Waals surface area contributed by atoms with Crippen molar-refractivity contribution >= 4 is 34.9 Å². The van der Waals surface area contributed by atoms with Gasteiger partial charge in [0.15, 0.2) is 17.5 Å². The van der Waals surface area contributed by atoms with Gasteiger partial charge in [-0.1, -0.05) is 24.4 Å². The van der Waals surface area contributed by atoms with Gasteiger partial charge in [-0.2, -0.15) is 5.10 Å². The van der Waals surface area contributed by atoms with E-state index in [-0.39, 0.29) is 16.9 Å². The summed E-state index contributed by atoms with van der Waals surface area (Å²) in [5, 5.41) is 8.52. The molecule has 0 amide bonds. The number of rotatable bonds is 7. The topological polar surface area (TPSA) is 58.0 Å². The van der Waals surface area contributed by atoms with Crippen LogP contribution < -0.4 is 14.9 Å². The van der Waals surface area contributed by atoms with E-state index in [1.807, 2.05) is 4.90 Å². The number of pyridine rings is 1. The SMILES string of the molecule is Fc1cc(N2CCNCC2)cc(F)c1-n1cc(-c2cc(Cl)cc(NSC3CCCC3)c2F)c(-c2ccncc2)n1.